The number of ether oxygens (including phenoxy) is 1. The Balaban J connectivity index is 1.52. The highest BCUT2D eigenvalue weighted by molar-refractivity contribution is 6.01. The van der Waals surface area contributed by atoms with Gasteiger partial charge in [-0.05, 0) is 37.0 Å². The van der Waals surface area contributed by atoms with E-state index in [0.717, 1.165) is 53.0 Å². The highest BCUT2D eigenvalue weighted by atomic mass is 16.5. The summed E-state index contributed by atoms with van der Waals surface area (Å²) in [4.78, 5) is 27.8. The molecule has 2 heterocycles. The van der Waals surface area contributed by atoms with Gasteiger partial charge < -0.3 is 15.0 Å². The minimum absolute atomic E-state index is 0.0361. The highest BCUT2D eigenvalue weighted by Crippen LogP contribution is 2.35. The van der Waals surface area contributed by atoms with E-state index in [4.69, 9.17) is 4.74 Å². The SMILES string of the molecule is CCc1cccc(CC)c1N1CC(C(=O)NC2CCOc3ccc(C)cc32)CC1=O. The van der Waals surface area contributed by atoms with Gasteiger partial charge in [0.1, 0.15) is 5.75 Å². The van der Waals surface area contributed by atoms with Gasteiger partial charge in [-0.25, -0.2) is 0 Å². The third-order valence-electron chi connectivity index (χ3n) is 6.25. The zero-order valence-corrected chi connectivity index (χ0v) is 18.0. The number of para-hydroxylation sites is 1. The molecule has 5 heteroatoms. The molecule has 2 amide bonds. The Morgan fingerprint density at radius 1 is 1.17 bits per heavy atom. The molecule has 0 aliphatic carbocycles. The third kappa shape index (κ3) is 3.81. The average molecular weight is 407 g/mol. The summed E-state index contributed by atoms with van der Waals surface area (Å²) >= 11 is 0. The van der Waals surface area contributed by atoms with Crippen LogP contribution < -0.4 is 15.0 Å². The molecule has 2 unspecified atom stereocenters. The largest absolute Gasteiger partial charge is 0.493 e. The van der Waals surface area contributed by atoms with Crippen LogP contribution in [0.3, 0.4) is 0 Å². The van der Waals surface area contributed by atoms with Crippen molar-refractivity contribution in [3.8, 4) is 5.75 Å². The topological polar surface area (TPSA) is 58.6 Å². The summed E-state index contributed by atoms with van der Waals surface area (Å²) in [7, 11) is 0. The molecule has 0 spiro atoms. The summed E-state index contributed by atoms with van der Waals surface area (Å²) in [6.07, 6.45) is 2.73. The van der Waals surface area contributed by atoms with E-state index in [2.05, 4.69) is 43.4 Å². The van der Waals surface area contributed by atoms with Gasteiger partial charge in [-0.15, -0.1) is 0 Å². The number of benzene rings is 2. The second-order valence-corrected chi connectivity index (χ2v) is 8.28. The molecule has 2 aliphatic heterocycles. The number of nitrogens with one attached hydrogen (secondary N) is 1. The van der Waals surface area contributed by atoms with Crippen molar-refractivity contribution in [1.29, 1.82) is 0 Å². The molecule has 158 valence electrons. The number of carbonyl (C=O) groups excluding carboxylic acids is 2. The maximum atomic E-state index is 13.1. The number of hydrogen-bond donors (Lipinski definition) is 1. The second-order valence-electron chi connectivity index (χ2n) is 8.28. The fraction of sp³-hybridized carbons (Fsp3) is 0.440. The highest BCUT2D eigenvalue weighted by Gasteiger charge is 2.37. The predicted octanol–water partition coefficient (Wildman–Crippen LogP) is 4.11. The van der Waals surface area contributed by atoms with Crippen molar-refractivity contribution in [3.05, 3.63) is 58.7 Å². The molecule has 1 N–H and O–H groups in total. The van der Waals surface area contributed by atoms with E-state index in [0.29, 0.717) is 13.2 Å². The van der Waals surface area contributed by atoms with Crippen molar-refractivity contribution in [2.45, 2.75) is 52.5 Å². The van der Waals surface area contributed by atoms with Gasteiger partial charge in [0, 0.05) is 30.6 Å². The average Bonchev–Trinajstić information content (AvgIpc) is 3.14. The molecule has 0 saturated carbocycles. The maximum Gasteiger partial charge on any atom is 0.227 e. The van der Waals surface area contributed by atoms with Crippen LogP contribution in [0.2, 0.25) is 0 Å². The molecule has 1 saturated heterocycles. The summed E-state index contributed by atoms with van der Waals surface area (Å²) in [6.45, 7) is 7.28. The van der Waals surface area contributed by atoms with Crippen LogP contribution in [0.4, 0.5) is 5.69 Å². The molecule has 1 fully saturated rings. The Morgan fingerprint density at radius 3 is 2.60 bits per heavy atom. The number of rotatable bonds is 5. The van der Waals surface area contributed by atoms with E-state index in [1.165, 1.54) is 0 Å². The summed E-state index contributed by atoms with van der Waals surface area (Å²) in [5.74, 6) is 0.500. The number of hydrogen-bond acceptors (Lipinski definition) is 3. The van der Waals surface area contributed by atoms with Gasteiger partial charge in [0.25, 0.3) is 0 Å². The normalized spacial score (nSPS) is 20.6. The lowest BCUT2D eigenvalue weighted by Gasteiger charge is -2.28. The minimum atomic E-state index is -0.330. The van der Waals surface area contributed by atoms with Gasteiger partial charge in [0.2, 0.25) is 11.8 Å². The molecule has 30 heavy (non-hydrogen) atoms. The Kier molecular flexibility index (Phi) is 5.80. The van der Waals surface area contributed by atoms with Crippen LogP contribution in [0.25, 0.3) is 0 Å². The van der Waals surface area contributed by atoms with Crippen LogP contribution in [-0.2, 0) is 22.4 Å². The lowest BCUT2D eigenvalue weighted by Crippen LogP contribution is -2.37. The molecule has 2 atom stereocenters. The number of anilines is 1. The number of fused-ring (bicyclic) bond motifs is 1. The Bertz CT molecular complexity index is 947. The first kappa shape index (κ1) is 20.5. The lowest BCUT2D eigenvalue weighted by molar-refractivity contribution is -0.127. The first-order valence-corrected chi connectivity index (χ1v) is 11.0. The third-order valence-corrected chi connectivity index (χ3v) is 6.25. The summed E-state index contributed by atoms with van der Waals surface area (Å²) in [6, 6.07) is 12.2. The number of nitrogens with zero attached hydrogens (tertiary/aromatic N) is 1. The van der Waals surface area contributed by atoms with Gasteiger partial charge >= 0.3 is 0 Å². The first-order valence-electron chi connectivity index (χ1n) is 11.0. The van der Waals surface area contributed by atoms with Crippen LogP contribution in [0.15, 0.2) is 36.4 Å². The Morgan fingerprint density at radius 2 is 1.90 bits per heavy atom. The number of carbonyl (C=O) groups is 2. The van der Waals surface area contributed by atoms with Gasteiger partial charge in [-0.2, -0.15) is 0 Å². The standard InChI is InChI=1S/C25H30N2O3/c1-4-17-7-6-8-18(5-2)24(17)27-15-19(14-23(27)28)25(29)26-21-11-12-30-22-10-9-16(3)13-20(21)22/h6-10,13,19,21H,4-5,11-12,14-15H2,1-3H3,(H,26,29). The number of amides is 2. The second kappa shape index (κ2) is 8.50. The van der Waals surface area contributed by atoms with Gasteiger partial charge in [-0.1, -0.05) is 49.7 Å². The Hall–Kier alpha value is -2.82. The predicted molar refractivity (Wildman–Crippen MR) is 118 cm³/mol. The van der Waals surface area contributed by atoms with Crippen LogP contribution in [-0.4, -0.2) is 25.0 Å². The van der Waals surface area contributed by atoms with Gasteiger partial charge in [-0.3, -0.25) is 9.59 Å². The molecule has 0 bridgehead atoms. The van der Waals surface area contributed by atoms with Crippen molar-refractivity contribution >= 4 is 17.5 Å². The van der Waals surface area contributed by atoms with Crippen molar-refractivity contribution < 1.29 is 14.3 Å². The lowest BCUT2D eigenvalue weighted by atomic mass is 9.97. The van der Waals surface area contributed by atoms with Crippen molar-refractivity contribution in [2.24, 2.45) is 5.92 Å². The van der Waals surface area contributed by atoms with Crippen LogP contribution in [0, 0.1) is 12.8 Å². The molecular weight excluding hydrogens is 376 g/mol. The fourth-order valence-corrected chi connectivity index (χ4v) is 4.61. The van der Waals surface area contributed by atoms with E-state index in [9.17, 15) is 9.59 Å². The maximum absolute atomic E-state index is 13.1. The molecule has 0 radical (unpaired) electrons. The fourth-order valence-electron chi connectivity index (χ4n) is 4.61. The summed E-state index contributed by atoms with van der Waals surface area (Å²) < 4.78 is 5.75. The first-order chi connectivity index (χ1) is 14.5. The smallest absolute Gasteiger partial charge is 0.227 e. The van der Waals surface area contributed by atoms with Gasteiger partial charge in [0.05, 0.1) is 18.6 Å². The van der Waals surface area contributed by atoms with E-state index < -0.39 is 0 Å². The molecule has 4 rings (SSSR count). The summed E-state index contributed by atoms with van der Waals surface area (Å²) in [5, 5.41) is 3.20. The molecule has 2 aromatic rings. The van der Waals surface area contributed by atoms with Crippen molar-refractivity contribution in [2.75, 3.05) is 18.1 Å². The molecular formula is C25H30N2O3. The van der Waals surface area contributed by atoms with Crippen LogP contribution >= 0.6 is 0 Å². The number of aryl methyl sites for hydroxylation is 3. The zero-order chi connectivity index (χ0) is 21.3. The van der Waals surface area contributed by atoms with E-state index in [-0.39, 0.29) is 30.2 Å². The van der Waals surface area contributed by atoms with Crippen LogP contribution in [0.5, 0.6) is 5.75 Å². The quantitative estimate of drug-likeness (QED) is 0.813. The molecule has 5 nitrogen and oxygen atoms in total. The molecule has 0 aromatic heterocycles. The molecule has 2 aromatic carbocycles. The van der Waals surface area contributed by atoms with Crippen LogP contribution in [0.1, 0.15) is 55.0 Å². The van der Waals surface area contributed by atoms with Gasteiger partial charge in [0.15, 0.2) is 0 Å². The van der Waals surface area contributed by atoms with Crippen molar-refractivity contribution in [3.63, 3.8) is 0 Å². The summed E-state index contributed by atoms with van der Waals surface area (Å²) in [5.41, 5.74) is 5.51. The monoisotopic (exact) mass is 406 g/mol. The molecule has 2 aliphatic rings. The zero-order valence-electron chi connectivity index (χ0n) is 18.0. The van der Waals surface area contributed by atoms with Crippen molar-refractivity contribution in [1.82, 2.24) is 5.32 Å². The van der Waals surface area contributed by atoms with E-state index in [1.807, 2.05) is 24.0 Å². The van der Waals surface area contributed by atoms with E-state index >= 15 is 0 Å². The van der Waals surface area contributed by atoms with E-state index in [1.54, 1.807) is 0 Å². The Labute approximate surface area is 178 Å². The minimum Gasteiger partial charge on any atom is -0.493 e.